The van der Waals surface area contributed by atoms with Gasteiger partial charge in [0.25, 0.3) is 0 Å². The fraction of sp³-hybridized carbons (Fsp3) is 0.429. The van der Waals surface area contributed by atoms with Crippen molar-refractivity contribution in [1.29, 1.82) is 0 Å². The first kappa shape index (κ1) is 13.3. The number of hydrogen-bond acceptors (Lipinski definition) is 1. The Morgan fingerprint density at radius 1 is 1.12 bits per heavy atom. The Kier molecular flexibility index (Phi) is 4.83. The van der Waals surface area contributed by atoms with Crippen LogP contribution in [0.1, 0.15) is 43.7 Å². The highest BCUT2D eigenvalue weighted by Crippen LogP contribution is 2.32. The molecule has 2 rings (SSSR count). The van der Waals surface area contributed by atoms with Crippen LogP contribution in [-0.2, 0) is 0 Å². The Morgan fingerprint density at radius 2 is 1.94 bits per heavy atom. The second kappa shape index (κ2) is 6.17. The Bertz CT molecular complexity index is 426. The van der Waals surface area contributed by atoms with Gasteiger partial charge in [-0.05, 0) is 43.4 Å². The third-order valence-electron chi connectivity index (χ3n) is 3.27. The molecule has 2 N–H and O–H groups in total. The van der Waals surface area contributed by atoms with E-state index in [1.54, 1.807) is 0 Å². The molecule has 1 aliphatic carbocycles. The lowest BCUT2D eigenvalue weighted by Gasteiger charge is -2.17. The lowest BCUT2D eigenvalue weighted by atomic mass is 9.96. The predicted molar refractivity (Wildman–Crippen MR) is 79.9 cm³/mol. The van der Waals surface area contributed by atoms with Gasteiger partial charge in [-0.2, -0.15) is 0 Å². The van der Waals surface area contributed by atoms with Gasteiger partial charge in [0, 0.05) is 8.95 Å². The first-order valence-electron chi connectivity index (χ1n) is 6.08. The Labute approximate surface area is 120 Å². The summed E-state index contributed by atoms with van der Waals surface area (Å²) in [4.78, 5) is 0. The highest BCUT2D eigenvalue weighted by Gasteiger charge is 2.15. The summed E-state index contributed by atoms with van der Waals surface area (Å²) in [7, 11) is 0. The van der Waals surface area contributed by atoms with Gasteiger partial charge < -0.3 is 5.73 Å². The summed E-state index contributed by atoms with van der Waals surface area (Å²) in [5, 5.41) is 0. The molecule has 17 heavy (non-hydrogen) atoms. The average Bonchev–Trinajstić information content (AvgIpc) is 2.56. The lowest BCUT2D eigenvalue weighted by molar-refractivity contribution is 0.687. The van der Waals surface area contributed by atoms with Gasteiger partial charge in [-0.1, -0.05) is 56.0 Å². The molecule has 1 nitrogen and oxygen atoms in total. The number of nitrogens with two attached hydrogens (primary N) is 1. The van der Waals surface area contributed by atoms with Crippen molar-refractivity contribution in [2.75, 3.05) is 0 Å². The molecule has 1 aromatic carbocycles. The van der Waals surface area contributed by atoms with Gasteiger partial charge >= 0.3 is 0 Å². The van der Waals surface area contributed by atoms with Crippen molar-refractivity contribution in [3.8, 4) is 0 Å². The third-order valence-corrected chi connectivity index (χ3v) is 4.45. The van der Waals surface area contributed by atoms with Crippen molar-refractivity contribution in [2.45, 2.75) is 38.1 Å². The first-order valence-corrected chi connectivity index (χ1v) is 7.66. The first-order chi connectivity index (χ1) is 8.18. The van der Waals surface area contributed by atoms with Gasteiger partial charge in [0.2, 0.25) is 0 Å². The molecular formula is C14H17Br2N. The molecule has 3 heteroatoms. The van der Waals surface area contributed by atoms with Crippen molar-refractivity contribution in [1.82, 2.24) is 0 Å². The molecular weight excluding hydrogens is 342 g/mol. The highest BCUT2D eigenvalue weighted by atomic mass is 79.9. The van der Waals surface area contributed by atoms with Crippen molar-refractivity contribution >= 4 is 31.9 Å². The number of rotatable bonds is 2. The second-order valence-electron chi connectivity index (χ2n) is 4.52. The van der Waals surface area contributed by atoms with Gasteiger partial charge in [-0.3, -0.25) is 0 Å². The van der Waals surface area contributed by atoms with Crippen LogP contribution in [0.15, 0.2) is 38.8 Å². The van der Waals surface area contributed by atoms with Crippen molar-refractivity contribution in [2.24, 2.45) is 5.73 Å². The molecule has 0 aromatic heterocycles. The van der Waals surface area contributed by atoms with Crippen LogP contribution >= 0.6 is 31.9 Å². The molecule has 0 heterocycles. The summed E-state index contributed by atoms with van der Waals surface area (Å²) in [5.41, 5.74) is 8.95. The number of halogens is 2. The van der Waals surface area contributed by atoms with Crippen molar-refractivity contribution in [3.05, 3.63) is 44.4 Å². The molecule has 0 saturated carbocycles. The van der Waals surface area contributed by atoms with Crippen LogP contribution < -0.4 is 5.73 Å². The Hall–Kier alpha value is -0.120. The topological polar surface area (TPSA) is 26.0 Å². The van der Waals surface area contributed by atoms with E-state index in [0.29, 0.717) is 0 Å². The molecule has 1 aliphatic rings. The molecule has 0 spiro atoms. The van der Waals surface area contributed by atoms with Gasteiger partial charge in [0.1, 0.15) is 0 Å². The van der Waals surface area contributed by atoms with Gasteiger partial charge in [0.05, 0.1) is 6.04 Å². The smallest absolute Gasteiger partial charge is 0.0522 e. The van der Waals surface area contributed by atoms with Crippen molar-refractivity contribution in [3.63, 3.8) is 0 Å². The quantitative estimate of drug-likeness (QED) is 0.731. The van der Waals surface area contributed by atoms with E-state index in [1.807, 2.05) is 0 Å². The number of allylic oxidation sites excluding steroid dienone is 1. The van der Waals surface area contributed by atoms with E-state index in [0.717, 1.165) is 15.4 Å². The zero-order valence-electron chi connectivity index (χ0n) is 9.76. The fourth-order valence-corrected chi connectivity index (χ4v) is 3.57. The Morgan fingerprint density at radius 3 is 2.71 bits per heavy atom. The largest absolute Gasteiger partial charge is 0.321 e. The van der Waals surface area contributed by atoms with Crippen LogP contribution in [0.2, 0.25) is 0 Å². The van der Waals surface area contributed by atoms with E-state index in [1.165, 1.54) is 36.8 Å². The molecule has 0 fully saturated rings. The maximum atomic E-state index is 6.38. The average molecular weight is 359 g/mol. The van der Waals surface area contributed by atoms with Crippen molar-refractivity contribution < 1.29 is 0 Å². The monoisotopic (exact) mass is 357 g/mol. The van der Waals surface area contributed by atoms with Gasteiger partial charge in [0.15, 0.2) is 0 Å². The van der Waals surface area contributed by atoms with Crippen LogP contribution in [0.3, 0.4) is 0 Å². The maximum Gasteiger partial charge on any atom is 0.0522 e. The number of hydrogen-bond donors (Lipinski definition) is 1. The summed E-state index contributed by atoms with van der Waals surface area (Å²) < 4.78 is 2.17. The van der Waals surface area contributed by atoms with E-state index < -0.39 is 0 Å². The van der Waals surface area contributed by atoms with Gasteiger partial charge in [-0.25, -0.2) is 0 Å². The zero-order chi connectivity index (χ0) is 12.3. The van der Waals surface area contributed by atoms with Gasteiger partial charge in [-0.15, -0.1) is 0 Å². The molecule has 1 unspecified atom stereocenters. The normalized spacial score (nSPS) is 18.4. The van der Waals surface area contributed by atoms with E-state index in [-0.39, 0.29) is 6.04 Å². The standard InChI is InChI=1S/C14H17Br2N/c15-11-7-8-12(13(16)9-11)14(17)10-5-3-1-2-4-6-10/h5,7-9,14H,1-4,6,17H2. The van der Waals surface area contributed by atoms with Crippen LogP contribution in [-0.4, -0.2) is 0 Å². The summed E-state index contributed by atoms with van der Waals surface area (Å²) in [6.07, 6.45) is 8.56. The van der Waals surface area contributed by atoms with Crippen LogP contribution in [0.5, 0.6) is 0 Å². The van der Waals surface area contributed by atoms with E-state index in [2.05, 4.69) is 56.1 Å². The highest BCUT2D eigenvalue weighted by molar-refractivity contribution is 9.11. The molecule has 0 amide bonds. The minimum Gasteiger partial charge on any atom is -0.321 e. The molecule has 1 atom stereocenters. The molecule has 0 saturated heterocycles. The number of benzene rings is 1. The second-order valence-corrected chi connectivity index (χ2v) is 6.29. The zero-order valence-corrected chi connectivity index (χ0v) is 12.9. The van der Waals surface area contributed by atoms with Crippen LogP contribution in [0.4, 0.5) is 0 Å². The van der Waals surface area contributed by atoms with Crippen LogP contribution in [0, 0.1) is 0 Å². The summed E-state index contributed by atoms with van der Waals surface area (Å²) in [6.45, 7) is 0. The molecule has 92 valence electrons. The van der Waals surface area contributed by atoms with E-state index >= 15 is 0 Å². The molecule has 1 aromatic rings. The van der Waals surface area contributed by atoms with E-state index in [9.17, 15) is 0 Å². The summed E-state index contributed by atoms with van der Waals surface area (Å²) in [5.74, 6) is 0. The Balaban J connectivity index is 2.23. The SMILES string of the molecule is NC(C1=CCCCCC1)c1ccc(Br)cc1Br. The van der Waals surface area contributed by atoms with E-state index in [4.69, 9.17) is 5.73 Å². The lowest BCUT2D eigenvalue weighted by Crippen LogP contribution is -2.13. The van der Waals surface area contributed by atoms with Crippen LogP contribution in [0.25, 0.3) is 0 Å². The fourth-order valence-electron chi connectivity index (χ4n) is 2.28. The molecule has 0 radical (unpaired) electrons. The minimum atomic E-state index is 0.0376. The minimum absolute atomic E-state index is 0.0376. The maximum absolute atomic E-state index is 6.38. The summed E-state index contributed by atoms with van der Waals surface area (Å²) in [6, 6.07) is 6.25. The molecule has 0 aliphatic heterocycles. The summed E-state index contributed by atoms with van der Waals surface area (Å²) >= 11 is 7.07. The predicted octanol–water partition coefficient (Wildman–Crippen LogP) is 5.10. The third kappa shape index (κ3) is 3.43. The molecule has 0 bridgehead atoms.